The highest BCUT2D eigenvalue weighted by Crippen LogP contribution is 2.26. The van der Waals surface area contributed by atoms with Crippen molar-refractivity contribution in [2.24, 2.45) is 11.3 Å². The Morgan fingerprint density at radius 3 is 2.76 bits per heavy atom. The lowest BCUT2D eigenvalue weighted by Gasteiger charge is -2.23. The standard InChI is InChI=1S/C17H29NO3/c1-14-7-8-15(19)17(2,3)10-9-16(20)18-11-5-4-6-12-21-13-14/h4,6,14H,5,7-13H2,1-3H3,(H,18,20). The maximum Gasteiger partial charge on any atom is 0.220 e. The predicted octanol–water partition coefficient (Wildman–Crippen LogP) is 2.87. The summed E-state index contributed by atoms with van der Waals surface area (Å²) in [5, 5.41) is 2.88. The van der Waals surface area contributed by atoms with Gasteiger partial charge in [-0.15, -0.1) is 0 Å². The number of hydrogen-bond acceptors (Lipinski definition) is 3. The molecule has 0 aliphatic carbocycles. The third-order valence-electron chi connectivity index (χ3n) is 4.01. The third kappa shape index (κ3) is 7.42. The van der Waals surface area contributed by atoms with Crippen LogP contribution < -0.4 is 5.32 Å². The summed E-state index contributed by atoms with van der Waals surface area (Å²) in [4.78, 5) is 24.0. The van der Waals surface area contributed by atoms with Gasteiger partial charge in [-0.2, -0.15) is 0 Å². The first kappa shape index (κ1) is 17.9. The molecule has 0 aromatic rings. The van der Waals surface area contributed by atoms with Crippen LogP contribution in [0.15, 0.2) is 12.2 Å². The Kier molecular flexibility index (Phi) is 7.65. The number of rotatable bonds is 0. The smallest absolute Gasteiger partial charge is 0.220 e. The van der Waals surface area contributed by atoms with Gasteiger partial charge in [-0.25, -0.2) is 0 Å². The quantitative estimate of drug-likeness (QED) is 0.699. The van der Waals surface area contributed by atoms with E-state index in [-0.39, 0.29) is 11.7 Å². The molecule has 1 unspecified atom stereocenters. The van der Waals surface area contributed by atoms with E-state index in [9.17, 15) is 9.59 Å². The first-order valence-electron chi connectivity index (χ1n) is 7.94. The van der Waals surface area contributed by atoms with Gasteiger partial charge in [0.1, 0.15) is 5.78 Å². The second kappa shape index (κ2) is 8.98. The van der Waals surface area contributed by atoms with Gasteiger partial charge < -0.3 is 10.1 Å². The number of hydrogen-bond donors (Lipinski definition) is 1. The molecule has 0 saturated carbocycles. The molecule has 4 nitrogen and oxygen atoms in total. The molecule has 1 aliphatic rings. The molecule has 0 spiro atoms. The molecule has 0 saturated heterocycles. The second-order valence-corrected chi connectivity index (χ2v) is 6.60. The van der Waals surface area contributed by atoms with E-state index in [1.165, 1.54) is 0 Å². The number of carbonyl (C=O) groups is 2. The van der Waals surface area contributed by atoms with Crippen molar-refractivity contribution in [3.63, 3.8) is 0 Å². The van der Waals surface area contributed by atoms with E-state index in [0.29, 0.717) is 44.9 Å². The molecule has 0 fully saturated rings. The second-order valence-electron chi connectivity index (χ2n) is 6.60. The van der Waals surface area contributed by atoms with Gasteiger partial charge in [0, 0.05) is 31.4 Å². The Bertz CT molecular complexity index is 374. The third-order valence-corrected chi connectivity index (χ3v) is 4.01. The Hall–Kier alpha value is -1.16. The van der Waals surface area contributed by atoms with Gasteiger partial charge in [-0.05, 0) is 25.2 Å². The summed E-state index contributed by atoms with van der Waals surface area (Å²) in [6, 6.07) is 0. The van der Waals surface area contributed by atoms with Crippen LogP contribution in [0.25, 0.3) is 0 Å². The van der Waals surface area contributed by atoms with Gasteiger partial charge in [0.15, 0.2) is 0 Å². The van der Waals surface area contributed by atoms with Crippen molar-refractivity contribution in [1.82, 2.24) is 5.32 Å². The summed E-state index contributed by atoms with van der Waals surface area (Å²) < 4.78 is 5.57. The highest BCUT2D eigenvalue weighted by atomic mass is 16.5. The van der Waals surface area contributed by atoms with E-state index in [1.54, 1.807) is 0 Å². The average Bonchev–Trinajstić information content (AvgIpc) is 2.44. The normalized spacial score (nSPS) is 26.3. The van der Waals surface area contributed by atoms with E-state index in [1.807, 2.05) is 26.0 Å². The SMILES string of the molecule is CC1CCC(=O)C(C)(C)CCC(=O)NCCC=CCOC1. The summed E-state index contributed by atoms with van der Waals surface area (Å²) in [6.45, 7) is 7.92. The highest BCUT2D eigenvalue weighted by molar-refractivity contribution is 5.85. The number of ketones is 1. The monoisotopic (exact) mass is 295 g/mol. The molecule has 0 bridgehead atoms. The topological polar surface area (TPSA) is 55.4 Å². The zero-order chi connectivity index (χ0) is 15.7. The summed E-state index contributed by atoms with van der Waals surface area (Å²) in [7, 11) is 0. The maximum atomic E-state index is 12.3. The lowest BCUT2D eigenvalue weighted by molar-refractivity contribution is -0.128. The molecular weight excluding hydrogens is 266 g/mol. The van der Waals surface area contributed by atoms with Gasteiger partial charge in [0.2, 0.25) is 5.91 Å². The molecule has 21 heavy (non-hydrogen) atoms. The minimum absolute atomic E-state index is 0.0287. The zero-order valence-corrected chi connectivity index (χ0v) is 13.6. The van der Waals surface area contributed by atoms with E-state index >= 15 is 0 Å². The minimum Gasteiger partial charge on any atom is -0.377 e. The van der Waals surface area contributed by atoms with Crippen molar-refractivity contribution < 1.29 is 14.3 Å². The van der Waals surface area contributed by atoms with Gasteiger partial charge in [0.25, 0.3) is 0 Å². The molecule has 0 aromatic carbocycles. The van der Waals surface area contributed by atoms with Crippen molar-refractivity contribution >= 4 is 11.7 Å². The molecule has 1 aliphatic heterocycles. The van der Waals surface area contributed by atoms with Crippen LogP contribution in [0, 0.1) is 11.3 Å². The summed E-state index contributed by atoms with van der Waals surface area (Å²) >= 11 is 0. The van der Waals surface area contributed by atoms with Gasteiger partial charge in [-0.3, -0.25) is 9.59 Å². The molecule has 120 valence electrons. The van der Waals surface area contributed by atoms with E-state index < -0.39 is 5.41 Å². The number of amides is 1. The predicted molar refractivity (Wildman–Crippen MR) is 84.0 cm³/mol. The largest absolute Gasteiger partial charge is 0.377 e. The maximum absolute atomic E-state index is 12.3. The number of Topliss-reactive ketones (excluding diaryl/α,β-unsaturated/α-hetero) is 1. The first-order chi connectivity index (χ1) is 9.92. The Morgan fingerprint density at radius 1 is 1.24 bits per heavy atom. The van der Waals surface area contributed by atoms with Crippen molar-refractivity contribution in [2.75, 3.05) is 19.8 Å². The molecule has 0 aromatic heterocycles. The van der Waals surface area contributed by atoms with Crippen LogP contribution in [-0.4, -0.2) is 31.4 Å². The van der Waals surface area contributed by atoms with Crippen LogP contribution in [0.2, 0.25) is 0 Å². The van der Waals surface area contributed by atoms with Crippen LogP contribution in [-0.2, 0) is 14.3 Å². The van der Waals surface area contributed by atoms with Crippen LogP contribution in [0.1, 0.15) is 52.9 Å². The number of carbonyl (C=O) groups excluding carboxylic acids is 2. The van der Waals surface area contributed by atoms with Crippen LogP contribution in [0.3, 0.4) is 0 Å². The molecule has 0 radical (unpaired) electrons. The average molecular weight is 295 g/mol. The molecule has 1 atom stereocenters. The Balaban J connectivity index is 2.59. The van der Waals surface area contributed by atoms with E-state index in [4.69, 9.17) is 4.74 Å². The lowest BCUT2D eigenvalue weighted by atomic mass is 9.80. The number of ether oxygens (including phenoxy) is 1. The van der Waals surface area contributed by atoms with E-state index in [0.717, 1.165) is 12.8 Å². The lowest BCUT2D eigenvalue weighted by Crippen LogP contribution is -2.29. The molecule has 1 amide bonds. The van der Waals surface area contributed by atoms with Crippen molar-refractivity contribution in [3.05, 3.63) is 12.2 Å². The van der Waals surface area contributed by atoms with Crippen molar-refractivity contribution in [3.8, 4) is 0 Å². The van der Waals surface area contributed by atoms with Crippen LogP contribution in [0.5, 0.6) is 0 Å². The van der Waals surface area contributed by atoms with Crippen LogP contribution in [0.4, 0.5) is 0 Å². The molecule has 1 rings (SSSR count). The van der Waals surface area contributed by atoms with Gasteiger partial charge >= 0.3 is 0 Å². The molecular formula is C17H29NO3. The minimum atomic E-state index is -0.422. The summed E-state index contributed by atoms with van der Waals surface area (Å²) in [5.74, 6) is 0.657. The Morgan fingerprint density at radius 2 is 2.00 bits per heavy atom. The summed E-state index contributed by atoms with van der Waals surface area (Å²) in [5.41, 5.74) is -0.422. The van der Waals surface area contributed by atoms with Gasteiger partial charge in [0.05, 0.1) is 6.61 Å². The highest BCUT2D eigenvalue weighted by Gasteiger charge is 2.27. The van der Waals surface area contributed by atoms with Crippen molar-refractivity contribution in [1.29, 1.82) is 0 Å². The first-order valence-corrected chi connectivity index (χ1v) is 7.94. The van der Waals surface area contributed by atoms with Crippen molar-refractivity contribution in [2.45, 2.75) is 52.9 Å². The molecule has 4 heteroatoms. The molecule has 1 heterocycles. The van der Waals surface area contributed by atoms with E-state index in [2.05, 4.69) is 12.2 Å². The number of nitrogens with one attached hydrogen (secondary N) is 1. The van der Waals surface area contributed by atoms with Gasteiger partial charge in [-0.1, -0.05) is 32.9 Å². The van der Waals surface area contributed by atoms with Crippen LogP contribution >= 0.6 is 0 Å². The fraction of sp³-hybridized carbons (Fsp3) is 0.765. The summed E-state index contributed by atoms with van der Waals surface area (Å²) in [6.07, 6.45) is 7.27. The molecule has 1 N–H and O–H groups in total. The fourth-order valence-electron chi connectivity index (χ4n) is 2.27. The zero-order valence-electron chi connectivity index (χ0n) is 13.6. The Labute approximate surface area is 128 Å². The fourth-order valence-corrected chi connectivity index (χ4v) is 2.27.